The van der Waals surface area contributed by atoms with E-state index >= 15 is 0 Å². The van der Waals surface area contributed by atoms with E-state index in [2.05, 4.69) is 37.3 Å². The van der Waals surface area contributed by atoms with Crippen LogP contribution >= 0.6 is 11.3 Å². The second kappa shape index (κ2) is 12.3. The van der Waals surface area contributed by atoms with Gasteiger partial charge in [0.15, 0.2) is 10.9 Å². The van der Waals surface area contributed by atoms with Crippen molar-refractivity contribution in [2.75, 3.05) is 69.7 Å². The monoisotopic (exact) mass is 515 g/mol. The first-order valence-corrected chi connectivity index (χ1v) is 13.2. The van der Waals surface area contributed by atoms with Crippen LogP contribution in [-0.2, 0) is 0 Å². The van der Waals surface area contributed by atoms with Crippen molar-refractivity contribution in [3.8, 4) is 5.75 Å². The predicted molar refractivity (Wildman–Crippen MR) is 143 cm³/mol. The fourth-order valence-corrected chi connectivity index (χ4v) is 5.10. The van der Waals surface area contributed by atoms with Crippen LogP contribution in [0.3, 0.4) is 0 Å². The fourth-order valence-electron chi connectivity index (χ4n) is 4.28. The number of amides is 2. The first kappa shape index (κ1) is 26.1. The van der Waals surface area contributed by atoms with Gasteiger partial charge in [0.2, 0.25) is 0 Å². The van der Waals surface area contributed by atoms with Gasteiger partial charge < -0.3 is 24.8 Å². The smallest absolute Gasteiger partial charge is 0.321 e. The first-order chi connectivity index (χ1) is 17.5. The predicted octanol–water partition coefficient (Wildman–Crippen LogP) is 4.15. The third kappa shape index (κ3) is 6.40. The number of rotatable bonds is 10. The molecular formula is C25H34FN7O2S. The molecule has 1 aliphatic rings. The van der Waals surface area contributed by atoms with Crippen LogP contribution in [0.25, 0.3) is 10.3 Å². The van der Waals surface area contributed by atoms with Crippen LogP contribution in [-0.4, -0.2) is 85.3 Å². The number of fused-ring (bicyclic) bond motifs is 1. The molecule has 36 heavy (non-hydrogen) atoms. The number of hydrogen-bond acceptors (Lipinski definition) is 8. The average Bonchev–Trinajstić information content (AvgIpc) is 3.29. The van der Waals surface area contributed by atoms with Gasteiger partial charge >= 0.3 is 6.03 Å². The third-order valence-corrected chi connectivity index (χ3v) is 7.23. The summed E-state index contributed by atoms with van der Waals surface area (Å²) in [6.45, 7) is 11.8. The summed E-state index contributed by atoms with van der Waals surface area (Å²) in [5.41, 5.74) is 1.09. The SMILES string of the molecule is CCN1CCN(CCCNC(=O)Nc2nc3ccc(N(CC)c4ccc(OC)cc4F)nc3s2)CC1. The van der Waals surface area contributed by atoms with Crippen molar-refractivity contribution in [3.63, 3.8) is 0 Å². The maximum absolute atomic E-state index is 14.7. The normalized spacial score (nSPS) is 14.7. The standard InChI is InChI=1S/C25H34FN7O2S/c1-4-31-13-15-32(16-14-31)12-6-11-27-24(34)30-25-28-20-8-10-22(29-23(20)36-25)33(5-2)21-9-7-18(35-3)17-19(21)26/h7-10,17H,4-6,11-16H2,1-3H3,(H2,27,28,30,34). The van der Waals surface area contributed by atoms with Crippen LogP contribution in [0.2, 0.25) is 0 Å². The molecule has 0 unspecified atom stereocenters. The van der Waals surface area contributed by atoms with Gasteiger partial charge in [0.25, 0.3) is 0 Å². The third-order valence-electron chi connectivity index (χ3n) is 6.35. The van der Waals surface area contributed by atoms with E-state index in [1.165, 1.54) is 24.5 Å². The lowest BCUT2D eigenvalue weighted by Crippen LogP contribution is -2.46. The number of benzene rings is 1. The van der Waals surface area contributed by atoms with Crippen molar-refractivity contribution in [1.29, 1.82) is 0 Å². The van der Waals surface area contributed by atoms with Crippen molar-refractivity contribution in [3.05, 3.63) is 36.1 Å². The van der Waals surface area contributed by atoms with E-state index in [1.54, 1.807) is 23.1 Å². The Balaban J connectivity index is 1.32. The lowest BCUT2D eigenvalue weighted by Gasteiger charge is -2.33. The minimum Gasteiger partial charge on any atom is -0.497 e. The molecular weight excluding hydrogens is 481 g/mol. The highest BCUT2D eigenvalue weighted by Gasteiger charge is 2.17. The number of hydrogen-bond donors (Lipinski definition) is 2. The second-order valence-electron chi connectivity index (χ2n) is 8.58. The summed E-state index contributed by atoms with van der Waals surface area (Å²) in [7, 11) is 1.51. The van der Waals surface area contributed by atoms with Crippen molar-refractivity contribution in [2.45, 2.75) is 20.3 Å². The molecule has 1 saturated heterocycles. The van der Waals surface area contributed by atoms with Gasteiger partial charge in [0, 0.05) is 45.3 Å². The zero-order valence-electron chi connectivity index (χ0n) is 21.1. The van der Waals surface area contributed by atoms with E-state index in [-0.39, 0.29) is 11.8 Å². The van der Waals surface area contributed by atoms with Gasteiger partial charge in [-0.3, -0.25) is 5.32 Å². The Morgan fingerprint density at radius 3 is 2.61 bits per heavy atom. The Labute approximate surface area is 215 Å². The van der Waals surface area contributed by atoms with Crippen molar-refractivity contribution in [2.24, 2.45) is 0 Å². The summed E-state index contributed by atoms with van der Waals surface area (Å²) in [4.78, 5) is 28.9. The maximum atomic E-state index is 14.7. The number of anilines is 3. The van der Waals surface area contributed by atoms with Crippen LogP contribution in [0.15, 0.2) is 30.3 Å². The first-order valence-electron chi connectivity index (χ1n) is 12.4. The van der Waals surface area contributed by atoms with Crippen LogP contribution in [0.5, 0.6) is 5.75 Å². The Bertz CT molecular complexity index is 1170. The molecule has 0 bridgehead atoms. The Kier molecular flexibility index (Phi) is 8.89. The van der Waals surface area contributed by atoms with Crippen LogP contribution < -0.4 is 20.3 Å². The molecule has 1 fully saturated rings. The molecule has 1 aromatic carbocycles. The number of thiazole rings is 1. The van der Waals surface area contributed by atoms with Crippen molar-refractivity contribution in [1.82, 2.24) is 25.1 Å². The molecule has 9 nitrogen and oxygen atoms in total. The highest BCUT2D eigenvalue weighted by molar-refractivity contribution is 7.22. The van der Waals surface area contributed by atoms with Crippen molar-refractivity contribution >= 4 is 44.4 Å². The average molecular weight is 516 g/mol. The summed E-state index contributed by atoms with van der Waals surface area (Å²) in [6.07, 6.45) is 0.902. The number of halogens is 1. The highest BCUT2D eigenvalue weighted by atomic mass is 32.1. The lowest BCUT2D eigenvalue weighted by molar-refractivity contribution is 0.136. The number of carbonyl (C=O) groups is 1. The number of ether oxygens (including phenoxy) is 1. The van der Waals surface area contributed by atoms with E-state index in [0.29, 0.717) is 45.8 Å². The molecule has 0 aliphatic carbocycles. The number of nitrogens with one attached hydrogen (secondary N) is 2. The summed E-state index contributed by atoms with van der Waals surface area (Å²) in [5, 5.41) is 6.19. The summed E-state index contributed by atoms with van der Waals surface area (Å²) >= 11 is 1.29. The number of piperazine rings is 1. The van der Waals surface area contributed by atoms with E-state index in [0.717, 1.165) is 45.7 Å². The molecule has 3 heterocycles. The topological polar surface area (TPSA) is 85.9 Å². The van der Waals surface area contributed by atoms with Gasteiger partial charge in [-0.05, 0) is 50.7 Å². The van der Waals surface area contributed by atoms with Gasteiger partial charge in [0.1, 0.15) is 21.9 Å². The molecule has 0 atom stereocenters. The van der Waals surface area contributed by atoms with Gasteiger partial charge in [-0.1, -0.05) is 18.3 Å². The van der Waals surface area contributed by atoms with E-state index in [1.807, 2.05) is 13.0 Å². The molecule has 0 saturated carbocycles. The Morgan fingerprint density at radius 1 is 1.14 bits per heavy atom. The number of methoxy groups -OCH3 is 1. The fraction of sp³-hybridized carbons (Fsp3) is 0.480. The summed E-state index contributed by atoms with van der Waals surface area (Å²) < 4.78 is 19.8. The van der Waals surface area contributed by atoms with Gasteiger partial charge in [-0.15, -0.1) is 0 Å². The number of pyridine rings is 1. The summed E-state index contributed by atoms with van der Waals surface area (Å²) in [6, 6.07) is 8.12. The maximum Gasteiger partial charge on any atom is 0.321 e. The molecule has 194 valence electrons. The van der Waals surface area contributed by atoms with E-state index < -0.39 is 0 Å². The lowest BCUT2D eigenvalue weighted by atomic mass is 10.2. The van der Waals surface area contributed by atoms with Crippen molar-refractivity contribution < 1.29 is 13.9 Å². The van der Waals surface area contributed by atoms with E-state index in [9.17, 15) is 9.18 Å². The largest absolute Gasteiger partial charge is 0.497 e. The van der Waals surface area contributed by atoms with Crippen LogP contribution in [0.4, 0.5) is 25.8 Å². The van der Waals surface area contributed by atoms with Gasteiger partial charge in [-0.2, -0.15) is 0 Å². The van der Waals surface area contributed by atoms with Gasteiger partial charge in [0.05, 0.1) is 12.8 Å². The molecule has 3 aromatic rings. The number of carbonyl (C=O) groups excluding carboxylic acids is 1. The zero-order chi connectivity index (χ0) is 25.5. The van der Waals surface area contributed by atoms with Crippen LogP contribution in [0, 0.1) is 5.82 Å². The minimum absolute atomic E-state index is 0.277. The molecule has 1 aliphatic heterocycles. The van der Waals surface area contributed by atoms with Crippen LogP contribution in [0.1, 0.15) is 20.3 Å². The van der Waals surface area contributed by atoms with E-state index in [4.69, 9.17) is 4.74 Å². The number of likely N-dealkylation sites (N-methyl/N-ethyl adjacent to an activating group) is 1. The summed E-state index contributed by atoms with van der Waals surface area (Å²) in [5.74, 6) is 0.681. The molecule has 2 N–H and O–H groups in total. The Morgan fingerprint density at radius 2 is 1.92 bits per heavy atom. The number of urea groups is 1. The second-order valence-corrected chi connectivity index (χ2v) is 9.56. The number of aromatic nitrogens is 2. The molecule has 2 amide bonds. The molecule has 11 heteroatoms. The highest BCUT2D eigenvalue weighted by Crippen LogP contribution is 2.32. The van der Waals surface area contributed by atoms with Gasteiger partial charge in [-0.25, -0.2) is 19.2 Å². The zero-order valence-corrected chi connectivity index (χ0v) is 21.9. The Hall–Kier alpha value is -3.02. The number of nitrogens with zero attached hydrogens (tertiary/aromatic N) is 5. The molecule has 0 radical (unpaired) electrons. The minimum atomic E-state index is -0.385. The molecule has 2 aromatic heterocycles. The molecule has 0 spiro atoms. The quantitative estimate of drug-likeness (QED) is 0.393. The molecule has 4 rings (SSSR count).